The van der Waals surface area contributed by atoms with Crippen LogP contribution in [-0.2, 0) is 0 Å². The van der Waals surface area contributed by atoms with Crippen LogP contribution in [0.5, 0.6) is 0 Å². The molecule has 1 saturated carbocycles. The molecule has 20 heavy (non-hydrogen) atoms. The molecule has 2 aliphatic heterocycles. The van der Waals surface area contributed by atoms with Crippen molar-refractivity contribution in [1.29, 1.82) is 0 Å². The maximum atomic E-state index is 12.1. The molecule has 0 bridgehead atoms. The average Bonchev–Trinajstić information content (AvgIpc) is 3.16. The molecule has 2 heterocycles. The van der Waals surface area contributed by atoms with Gasteiger partial charge in [-0.15, -0.1) is 0 Å². The summed E-state index contributed by atoms with van der Waals surface area (Å²) < 4.78 is 0. The lowest BCUT2D eigenvalue weighted by atomic mass is 9.85. The largest absolute Gasteiger partial charge is 0.385 e. The Balaban J connectivity index is 1.70. The smallest absolute Gasteiger partial charge is 0.346 e. The van der Waals surface area contributed by atoms with Gasteiger partial charge in [0.15, 0.2) is 0 Å². The Kier molecular flexibility index (Phi) is 3.48. The molecule has 2 amide bonds. The number of rotatable bonds is 4. The summed E-state index contributed by atoms with van der Waals surface area (Å²) >= 11 is 0. The van der Waals surface area contributed by atoms with Crippen LogP contribution in [0, 0.1) is 11.8 Å². The lowest BCUT2D eigenvalue weighted by Gasteiger charge is -2.44. The van der Waals surface area contributed by atoms with Gasteiger partial charge < -0.3 is 15.5 Å². The molecule has 2 fully saturated rings. The van der Waals surface area contributed by atoms with E-state index in [1.165, 1.54) is 12.8 Å². The lowest BCUT2D eigenvalue weighted by Crippen LogP contribution is -2.60. The Morgan fingerprint density at radius 2 is 2.00 bits per heavy atom. The zero-order valence-electron chi connectivity index (χ0n) is 12.6. The van der Waals surface area contributed by atoms with Gasteiger partial charge in [-0.2, -0.15) is 4.99 Å². The molecule has 112 valence electrons. The molecule has 1 spiro atoms. The van der Waals surface area contributed by atoms with E-state index in [9.17, 15) is 4.79 Å². The Bertz CT molecular complexity index is 420. The van der Waals surface area contributed by atoms with E-state index in [-0.39, 0.29) is 11.6 Å². The van der Waals surface area contributed by atoms with Crippen molar-refractivity contribution in [3.8, 4) is 0 Å². The first-order valence-electron chi connectivity index (χ1n) is 7.90. The van der Waals surface area contributed by atoms with E-state index in [2.05, 4.69) is 23.7 Å². The topological polar surface area (TPSA) is 61.9 Å². The minimum Gasteiger partial charge on any atom is -0.385 e. The number of nitrogens with two attached hydrogens (primary N) is 1. The highest BCUT2D eigenvalue weighted by molar-refractivity contribution is 6.05. The third-order valence-corrected chi connectivity index (χ3v) is 4.88. The third kappa shape index (κ3) is 2.43. The second kappa shape index (κ2) is 5.02. The summed E-state index contributed by atoms with van der Waals surface area (Å²) in [6, 6.07) is -0.105. The first kappa shape index (κ1) is 13.9. The summed E-state index contributed by atoms with van der Waals surface area (Å²) in [6.45, 7) is 8.51. The number of amidine groups is 1. The monoisotopic (exact) mass is 278 g/mol. The van der Waals surface area contributed by atoms with Gasteiger partial charge in [-0.25, -0.2) is 4.79 Å². The zero-order chi connectivity index (χ0) is 14.3. The van der Waals surface area contributed by atoms with Crippen LogP contribution in [0.1, 0.15) is 39.5 Å². The van der Waals surface area contributed by atoms with Crippen molar-refractivity contribution in [3.05, 3.63) is 0 Å². The van der Waals surface area contributed by atoms with E-state index < -0.39 is 0 Å². The standard InChI is InChI=1S/C15H26N4O/c1-11(2)9-18-7-5-15(6-8-18)13(16)17-14(20)19(15)10-12-3-4-12/h11-12H,3-10H2,1-2H3,(H2,16,17,20). The molecule has 0 aromatic carbocycles. The van der Waals surface area contributed by atoms with E-state index in [4.69, 9.17) is 5.73 Å². The van der Waals surface area contributed by atoms with E-state index in [0.717, 1.165) is 39.0 Å². The van der Waals surface area contributed by atoms with Gasteiger partial charge in [0.05, 0.1) is 0 Å². The van der Waals surface area contributed by atoms with Gasteiger partial charge in [0.25, 0.3) is 0 Å². The Hall–Kier alpha value is -1.10. The van der Waals surface area contributed by atoms with Crippen LogP contribution in [0.15, 0.2) is 4.99 Å². The molecule has 0 aromatic heterocycles. The number of nitrogens with zero attached hydrogens (tertiary/aromatic N) is 3. The Labute approximate surface area is 121 Å². The molecule has 0 unspecified atom stereocenters. The molecule has 0 atom stereocenters. The van der Waals surface area contributed by atoms with Gasteiger partial charge in [0.2, 0.25) is 0 Å². The fourth-order valence-electron chi connectivity index (χ4n) is 3.55. The van der Waals surface area contributed by atoms with Crippen molar-refractivity contribution in [2.24, 2.45) is 22.6 Å². The normalized spacial score (nSPS) is 26.6. The van der Waals surface area contributed by atoms with Crippen molar-refractivity contribution in [1.82, 2.24) is 9.80 Å². The summed E-state index contributed by atoms with van der Waals surface area (Å²) in [5, 5.41) is 0. The first-order chi connectivity index (χ1) is 9.51. The highest BCUT2D eigenvalue weighted by Gasteiger charge is 2.50. The van der Waals surface area contributed by atoms with Crippen molar-refractivity contribution in [3.63, 3.8) is 0 Å². The minimum absolute atomic E-state index is 0.105. The predicted octanol–water partition coefficient (Wildman–Crippen LogP) is 1.68. The average molecular weight is 278 g/mol. The van der Waals surface area contributed by atoms with Crippen molar-refractivity contribution in [2.75, 3.05) is 26.2 Å². The molecular formula is C15H26N4O. The van der Waals surface area contributed by atoms with Crippen molar-refractivity contribution < 1.29 is 4.79 Å². The fourth-order valence-corrected chi connectivity index (χ4v) is 3.55. The van der Waals surface area contributed by atoms with E-state index in [0.29, 0.717) is 17.7 Å². The number of piperidine rings is 1. The molecule has 1 aliphatic carbocycles. The van der Waals surface area contributed by atoms with Gasteiger partial charge in [0.1, 0.15) is 11.4 Å². The number of carbonyl (C=O) groups excluding carboxylic acids is 1. The molecule has 5 nitrogen and oxygen atoms in total. The predicted molar refractivity (Wildman–Crippen MR) is 79.7 cm³/mol. The maximum Gasteiger partial charge on any atom is 0.346 e. The number of aliphatic imine (C=N–C) groups is 1. The molecule has 0 aromatic rings. The summed E-state index contributed by atoms with van der Waals surface area (Å²) in [5.74, 6) is 1.93. The second-order valence-corrected chi connectivity index (χ2v) is 7.06. The number of hydrogen-bond donors (Lipinski definition) is 1. The van der Waals surface area contributed by atoms with Crippen LogP contribution in [0.2, 0.25) is 0 Å². The van der Waals surface area contributed by atoms with Crippen LogP contribution in [0.4, 0.5) is 4.79 Å². The molecule has 3 aliphatic rings. The Morgan fingerprint density at radius 1 is 1.35 bits per heavy atom. The SMILES string of the molecule is CC(C)CN1CCC2(CC1)C(N)=NC(=O)N2CC1CC1. The Morgan fingerprint density at radius 3 is 2.55 bits per heavy atom. The molecular weight excluding hydrogens is 252 g/mol. The number of carbonyl (C=O) groups is 1. The van der Waals surface area contributed by atoms with Gasteiger partial charge in [-0.1, -0.05) is 13.8 Å². The molecule has 0 radical (unpaired) electrons. The third-order valence-electron chi connectivity index (χ3n) is 4.88. The van der Waals surface area contributed by atoms with Crippen LogP contribution < -0.4 is 5.73 Å². The van der Waals surface area contributed by atoms with Crippen molar-refractivity contribution >= 4 is 11.9 Å². The maximum absolute atomic E-state index is 12.1. The summed E-state index contributed by atoms with van der Waals surface area (Å²) in [4.78, 5) is 20.7. The van der Waals surface area contributed by atoms with Crippen LogP contribution in [-0.4, -0.2) is 53.4 Å². The minimum atomic E-state index is -0.271. The van der Waals surface area contributed by atoms with E-state index in [1.54, 1.807) is 0 Å². The van der Waals surface area contributed by atoms with Crippen LogP contribution in [0.25, 0.3) is 0 Å². The number of likely N-dealkylation sites (tertiary alicyclic amines) is 1. The highest BCUT2D eigenvalue weighted by Crippen LogP contribution is 2.38. The molecule has 2 N–H and O–H groups in total. The second-order valence-electron chi connectivity index (χ2n) is 7.06. The van der Waals surface area contributed by atoms with Gasteiger partial charge >= 0.3 is 6.03 Å². The van der Waals surface area contributed by atoms with Crippen LogP contribution in [0.3, 0.4) is 0 Å². The van der Waals surface area contributed by atoms with Crippen molar-refractivity contribution in [2.45, 2.75) is 45.1 Å². The zero-order valence-corrected chi connectivity index (χ0v) is 12.6. The fraction of sp³-hybridized carbons (Fsp3) is 0.867. The summed E-state index contributed by atoms with van der Waals surface area (Å²) in [6.07, 6.45) is 4.37. The first-order valence-corrected chi connectivity index (χ1v) is 7.90. The van der Waals surface area contributed by atoms with E-state index >= 15 is 0 Å². The lowest BCUT2D eigenvalue weighted by molar-refractivity contribution is 0.0921. The number of hydrogen-bond acceptors (Lipinski definition) is 3. The van der Waals surface area contributed by atoms with Gasteiger partial charge in [0, 0.05) is 26.2 Å². The molecule has 5 heteroatoms. The molecule has 3 rings (SSSR count). The summed E-state index contributed by atoms with van der Waals surface area (Å²) in [7, 11) is 0. The number of amides is 2. The van der Waals surface area contributed by atoms with Gasteiger partial charge in [-0.3, -0.25) is 0 Å². The van der Waals surface area contributed by atoms with Crippen LogP contribution >= 0.6 is 0 Å². The quantitative estimate of drug-likeness (QED) is 0.851. The summed E-state index contributed by atoms with van der Waals surface area (Å²) in [5.41, 5.74) is 5.87. The van der Waals surface area contributed by atoms with E-state index in [1.807, 2.05) is 4.90 Å². The van der Waals surface area contributed by atoms with Gasteiger partial charge in [-0.05, 0) is 37.5 Å². The number of urea groups is 1. The molecule has 1 saturated heterocycles. The highest BCUT2D eigenvalue weighted by atomic mass is 16.2.